The highest BCUT2D eigenvalue weighted by molar-refractivity contribution is 5.62. The van der Waals surface area contributed by atoms with E-state index in [0.717, 1.165) is 12.2 Å². The summed E-state index contributed by atoms with van der Waals surface area (Å²) in [5.41, 5.74) is 7.05. The summed E-state index contributed by atoms with van der Waals surface area (Å²) in [6, 6.07) is 20.8. The summed E-state index contributed by atoms with van der Waals surface area (Å²) in [5.74, 6) is 0. The van der Waals surface area contributed by atoms with Crippen LogP contribution in [-0.2, 0) is 9.59 Å². The summed E-state index contributed by atoms with van der Waals surface area (Å²) >= 11 is 0. The molecule has 0 unspecified atom stereocenters. The second kappa shape index (κ2) is 16.2. The van der Waals surface area contributed by atoms with Crippen LogP contribution >= 0.6 is 0 Å². The zero-order chi connectivity index (χ0) is 15.6. The number of nitrogens with two attached hydrogens (primary N) is 1. The van der Waals surface area contributed by atoms with Gasteiger partial charge in [-0.25, -0.2) is 20.4 Å². The Morgan fingerprint density at radius 3 is 1.10 bits per heavy atom. The second-order valence-corrected chi connectivity index (χ2v) is 2.94. The molecule has 0 atom stereocenters. The van der Waals surface area contributed by atoms with Crippen molar-refractivity contribution in [3.05, 3.63) is 60.7 Å². The van der Waals surface area contributed by atoms with Crippen molar-refractivity contribution in [1.29, 1.82) is 10.8 Å². The van der Waals surface area contributed by atoms with Gasteiger partial charge < -0.3 is 5.73 Å². The van der Waals surface area contributed by atoms with E-state index in [2.05, 4.69) is 54.3 Å². The van der Waals surface area contributed by atoms with Crippen LogP contribution in [-0.4, -0.2) is 19.2 Å². The smallest absolute Gasteiger partial charge is 0.231 e. The van der Waals surface area contributed by atoms with E-state index in [-0.39, 0.29) is 0 Å². The molecule has 20 heavy (non-hydrogen) atoms. The van der Waals surface area contributed by atoms with Crippen molar-refractivity contribution >= 4 is 12.2 Å². The lowest BCUT2D eigenvalue weighted by Crippen LogP contribution is -1.73. The summed E-state index contributed by atoms with van der Waals surface area (Å²) in [7, 11) is 1.50. The Morgan fingerprint density at radius 1 is 0.700 bits per heavy atom. The molecule has 5 nitrogen and oxygen atoms in total. The molecule has 4 N–H and O–H groups in total. The van der Waals surface area contributed by atoms with E-state index >= 15 is 0 Å². The van der Waals surface area contributed by atoms with Crippen molar-refractivity contribution in [2.24, 2.45) is 5.73 Å². The Kier molecular flexibility index (Phi) is 15.8. The molecule has 0 aromatic heterocycles. The lowest BCUT2D eigenvalue weighted by Gasteiger charge is -1.98. The average Bonchev–Trinajstić information content (AvgIpc) is 2.53. The van der Waals surface area contributed by atoms with Crippen molar-refractivity contribution < 1.29 is 9.59 Å². The first-order chi connectivity index (χ1) is 9.79. The number of hydrogen-bond acceptors (Lipinski definition) is 5. The summed E-state index contributed by atoms with van der Waals surface area (Å²) in [6.45, 7) is 0. The lowest BCUT2D eigenvalue weighted by molar-refractivity contribution is 0.562. The van der Waals surface area contributed by atoms with Gasteiger partial charge in [0.15, 0.2) is 0 Å². The van der Waals surface area contributed by atoms with E-state index < -0.39 is 0 Å². The van der Waals surface area contributed by atoms with Crippen LogP contribution in [0.25, 0.3) is 11.1 Å². The Morgan fingerprint density at radius 2 is 0.900 bits per heavy atom. The van der Waals surface area contributed by atoms with Gasteiger partial charge in [-0.05, 0) is 18.2 Å². The van der Waals surface area contributed by atoms with Crippen molar-refractivity contribution in [2.45, 2.75) is 0 Å². The molecule has 104 valence electrons. The summed E-state index contributed by atoms with van der Waals surface area (Å²) in [6.07, 6.45) is 1.50. The molecule has 2 rings (SSSR count). The summed E-state index contributed by atoms with van der Waals surface area (Å²) in [5, 5.41) is 10.8. The van der Waals surface area contributed by atoms with Gasteiger partial charge >= 0.3 is 0 Å². The summed E-state index contributed by atoms with van der Waals surface area (Å²) in [4.78, 5) is 16.7. The van der Waals surface area contributed by atoms with Gasteiger partial charge in [-0.15, -0.1) is 0 Å². The molecule has 0 radical (unpaired) electrons. The van der Waals surface area contributed by atoms with Crippen LogP contribution in [0.3, 0.4) is 0 Å². The Hall–Kier alpha value is -2.84. The zero-order valence-electron chi connectivity index (χ0n) is 11.2. The lowest BCUT2D eigenvalue weighted by atomic mass is 10.1. The highest BCUT2D eigenvalue weighted by atomic mass is 16.1. The van der Waals surface area contributed by atoms with Crippen LogP contribution in [0.15, 0.2) is 60.7 Å². The standard InChI is InChI=1S/C12H10.2CHNO.CH5N/c1-3-7-11(8-4-1)12-9-5-2-6-10-12;2*2-1-3;1-2/h1-10H;2*2H;2H2,1H3. The van der Waals surface area contributed by atoms with E-state index in [0.29, 0.717) is 0 Å². The molecule has 0 aliphatic heterocycles. The van der Waals surface area contributed by atoms with E-state index in [1.807, 2.05) is 12.1 Å². The molecule has 0 saturated carbocycles. The van der Waals surface area contributed by atoms with Crippen LogP contribution in [0.5, 0.6) is 0 Å². The molecule has 0 amide bonds. The minimum atomic E-state index is 0.750. The topological polar surface area (TPSA) is 108 Å². The molecular weight excluding hydrogens is 254 g/mol. The highest BCUT2D eigenvalue weighted by Gasteiger charge is 1.91. The third-order valence-corrected chi connectivity index (χ3v) is 1.88. The maximum absolute atomic E-state index is 8.35. The molecule has 2 aromatic carbocycles. The summed E-state index contributed by atoms with van der Waals surface area (Å²) < 4.78 is 0. The first-order valence-electron chi connectivity index (χ1n) is 5.56. The van der Waals surface area contributed by atoms with Gasteiger partial charge in [-0.1, -0.05) is 60.7 Å². The van der Waals surface area contributed by atoms with Crippen molar-refractivity contribution in [3.8, 4) is 11.1 Å². The van der Waals surface area contributed by atoms with E-state index in [4.69, 9.17) is 20.4 Å². The largest absolute Gasteiger partial charge is 0.333 e. The number of nitrogens with one attached hydrogen (secondary N) is 2. The quantitative estimate of drug-likeness (QED) is 0.548. The molecule has 0 aliphatic carbocycles. The number of carbonyl (C=O) groups excluding carboxylic acids is 2. The van der Waals surface area contributed by atoms with Crippen molar-refractivity contribution in [3.63, 3.8) is 0 Å². The Balaban J connectivity index is 0. The van der Waals surface area contributed by atoms with Crippen LogP contribution in [0, 0.1) is 10.8 Å². The monoisotopic (exact) mass is 271 g/mol. The predicted molar refractivity (Wildman–Crippen MR) is 78.8 cm³/mol. The minimum Gasteiger partial charge on any atom is -0.333 e. The van der Waals surface area contributed by atoms with Gasteiger partial charge in [0.1, 0.15) is 0 Å². The molecule has 0 spiro atoms. The molecule has 2 aromatic rings. The van der Waals surface area contributed by atoms with Gasteiger partial charge in [0.2, 0.25) is 12.2 Å². The molecule has 0 bridgehead atoms. The molecular formula is C15H17N3O2. The predicted octanol–water partition coefficient (Wildman–Crippen LogP) is 2.73. The molecule has 0 fully saturated rings. The van der Waals surface area contributed by atoms with Gasteiger partial charge in [0, 0.05) is 0 Å². The van der Waals surface area contributed by atoms with Crippen LogP contribution in [0.4, 0.5) is 0 Å². The van der Waals surface area contributed by atoms with Gasteiger partial charge in [-0.2, -0.15) is 0 Å². The number of benzene rings is 2. The molecule has 0 aliphatic rings. The second-order valence-electron chi connectivity index (χ2n) is 2.94. The fourth-order valence-electron chi connectivity index (χ4n) is 1.26. The third-order valence-electron chi connectivity index (χ3n) is 1.88. The van der Waals surface area contributed by atoms with Gasteiger partial charge in [0.25, 0.3) is 0 Å². The van der Waals surface area contributed by atoms with Crippen molar-refractivity contribution in [2.75, 3.05) is 7.05 Å². The third kappa shape index (κ3) is 10.3. The zero-order valence-corrected chi connectivity index (χ0v) is 11.2. The van der Waals surface area contributed by atoms with E-state index in [1.54, 1.807) is 0 Å². The number of hydrogen-bond donors (Lipinski definition) is 3. The maximum Gasteiger partial charge on any atom is 0.231 e. The number of isocyanates is 2. The van der Waals surface area contributed by atoms with Gasteiger partial charge in [0.05, 0.1) is 0 Å². The molecule has 0 saturated heterocycles. The average molecular weight is 271 g/mol. The first kappa shape index (κ1) is 19.5. The number of rotatable bonds is 1. The van der Waals surface area contributed by atoms with Crippen LogP contribution < -0.4 is 5.73 Å². The molecule has 0 heterocycles. The van der Waals surface area contributed by atoms with Crippen molar-refractivity contribution in [1.82, 2.24) is 0 Å². The molecule has 5 heteroatoms. The van der Waals surface area contributed by atoms with Crippen LogP contribution in [0.2, 0.25) is 0 Å². The fourth-order valence-corrected chi connectivity index (χ4v) is 1.26. The maximum atomic E-state index is 8.35. The van der Waals surface area contributed by atoms with Crippen LogP contribution in [0.1, 0.15) is 0 Å². The minimum absolute atomic E-state index is 0.750. The van der Waals surface area contributed by atoms with E-state index in [9.17, 15) is 0 Å². The first-order valence-corrected chi connectivity index (χ1v) is 5.56. The van der Waals surface area contributed by atoms with Gasteiger partial charge in [-0.3, -0.25) is 0 Å². The van der Waals surface area contributed by atoms with E-state index in [1.165, 1.54) is 18.2 Å². The fraction of sp³-hybridized carbons (Fsp3) is 0.0667. The Bertz CT molecular complexity index is 452. The normalized spacial score (nSPS) is 6.90. The Labute approximate surface area is 118 Å². The highest BCUT2D eigenvalue weighted by Crippen LogP contribution is 2.17. The SMILES string of the molecule is CN.N=C=O.N=C=O.c1ccc(-c2ccccc2)cc1.